The van der Waals surface area contributed by atoms with Crippen LogP contribution in [-0.2, 0) is 5.75 Å². The molecule has 0 aliphatic rings. The van der Waals surface area contributed by atoms with E-state index in [1.165, 1.54) is 4.90 Å². The van der Waals surface area contributed by atoms with Gasteiger partial charge in [0.1, 0.15) is 0 Å². The van der Waals surface area contributed by atoms with Gasteiger partial charge in [0.15, 0.2) is 10.8 Å². The molecule has 0 bridgehead atoms. The van der Waals surface area contributed by atoms with Crippen LogP contribution in [0.15, 0.2) is 65.3 Å². The lowest BCUT2D eigenvalue weighted by atomic mass is 10.2. The molecule has 0 fully saturated rings. The van der Waals surface area contributed by atoms with E-state index in [9.17, 15) is 0 Å². The first-order chi connectivity index (χ1) is 11.4. The highest BCUT2D eigenvalue weighted by Crippen LogP contribution is 2.30. The fourth-order valence-corrected chi connectivity index (χ4v) is 4.03. The van der Waals surface area contributed by atoms with Crippen molar-refractivity contribution >= 4 is 34.0 Å². The standard InChI is InChI=1S/C17H12N4S2/c1-4-12-5-2-7-18-15(12)14(6-1)22-10-13-11-23-17(21-13)16-19-8-3-9-20-16/h1-9,11H,10H2. The molecule has 6 heteroatoms. The number of aromatic nitrogens is 4. The first kappa shape index (κ1) is 14.3. The molecule has 0 spiro atoms. The van der Waals surface area contributed by atoms with Crippen LogP contribution < -0.4 is 0 Å². The van der Waals surface area contributed by atoms with Crippen molar-refractivity contribution in [3.63, 3.8) is 0 Å². The first-order valence-electron chi connectivity index (χ1n) is 7.08. The Bertz CT molecular complexity index is 932. The maximum atomic E-state index is 4.63. The summed E-state index contributed by atoms with van der Waals surface area (Å²) in [5.74, 6) is 1.49. The Morgan fingerprint density at radius 1 is 0.913 bits per heavy atom. The summed E-state index contributed by atoms with van der Waals surface area (Å²) in [7, 11) is 0. The largest absolute Gasteiger partial charge is 0.255 e. The van der Waals surface area contributed by atoms with E-state index in [0.29, 0.717) is 5.82 Å². The topological polar surface area (TPSA) is 51.6 Å². The molecule has 0 saturated heterocycles. The van der Waals surface area contributed by atoms with Crippen molar-refractivity contribution in [2.75, 3.05) is 0 Å². The summed E-state index contributed by atoms with van der Waals surface area (Å²) in [5, 5.41) is 4.09. The molecule has 4 aromatic rings. The highest BCUT2D eigenvalue weighted by atomic mass is 32.2. The molecule has 0 aliphatic carbocycles. The predicted molar refractivity (Wildman–Crippen MR) is 94.4 cm³/mol. The zero-order valence-corrected chi connectivity index (χ0v) is 13.7. The van der Waals surface area contributed by atoms with Gasteiger partial charge in [-0.05, 0) is 18.2 Å². The van der Waals surface area contributed by atoms with E-state index in [1.54, 1.807) is 41.6 Å². The molecule has 0 saturated carbocycles. The van der Waals surface area contributed by atoms with Gasteiger partial charge in [0, 0.05) is 40.0 Å². The van der Waals surface area contributed by atoms with Crippen molar-refractivity contribution < 1.29 is 0 Å². The summed E-state index contributed by atoms with van der Waals surface area (Å²) < 4.78 is 0. The first-order valence-corrected chi connectivity index (χ1v) is 8.95. The van der Waals surface area contributed by atoms with Gasteiger partial charge in [-0.2, -0.15) is 0 Å². The van der Waals surface area contributed by atoms with E-state index in [1.807, 2.05) is 12.3 Å². The summed E-state index contributed by atoms with van der Waals surface area (Å²) >= 11 is 3.33. The predicted octanol–water partition coefficient (Wildman–Crippen LogP) is 4.44. The van der Waals surface area contributed by atoms with E-state index in [0.717, 1.165) is 27.4 Å². The molecule has 1 aromatic carbocycles. The number of thioether (sulfide) groups is 1. The number of benzene rings is 1. The lowest BCUT2D eigenvalue weighted by molar-refractivity contribution is 1.14. The number of hydrogen-bond donors (Lipinski definition) is 0. The second-order valence-electron chi connectivity index (χ2n) is 4.84. The van der Waals surface area contributed by atoms with Crippen LogP contribution in [0.25, 0.3) is 21.7 Å². The van der Waals surface area contributed by atoms with Crippen LogP contribution in [0.4, 0.5) is 0 Å². The minimum Gasteiger partial charge on any atom is -0.255 e. The van der Waals surface area contributed by atoms with Crippen LogP contribution in [0.3, 0.4) is 0 Å². The van der Waals surface area contributed by atoms with Gasteiger partial charge in [0.05, 0.1) is 11.2 Å². The number of rotatable bonds is 4. The van der Waals surface area contributed by atoms with Crippen molar-refractivity contribution in [3.05, 3.63) is 66.1 Å². The Morgan fingerprint density at radius 2 is 1.74 bits per heavy atom. The molecule has 4 rings (SSSR count). The molecule has 0 unspecified atom stereocenters. The summed E-state index contributed by atoms with van der Waals surface area (Å²) in [6.45, 7) is 0. The number of hydrogen-bond acceptors (Lipinski definition) is 6. The molecule has 23 heavy (non-hydrogen) atoms. The molecular weight excluding hydrogens is 324 g/mol. The van der Waals surface area contributed by atoms with Crippen LogP contribution in [0, 0.1) is 0 Å². The Labute approximate surface area is 141 Å². The van der Waals surface area contributed by atoms with Gasteiger partial charge in [-0.3, -0.25) is 4.98 Å². The Balaban J connectivity index is 1.54. The maximum Gasteiger partial charge on any atom is 0.188 e. The third-order valence-electron chi connectivity index (χ3n) is 3.28. The van der Waals surface area contributed by atoms with Gasteiger partial charge in [-0.1, -0.05) is 18.2 Å². The second kappa shape index (κ2) is 6.44. The summed E-state index contributed by atoms with van der Waals surface area (Å²) in [6, 6.07) is 12.1. The van der Waals surface area contributed by atoms with Crippen LogP contribution in [0.1, 0.15) is 5.69 Å². The minimum absolute atomic E-state index is 0.681. The summed E-state index contributed by atoms with van der Waals surface area (Å²) in [4.78, 5) is 18.8. The van der Waals surface area contributed by atoms with Crippen molar-refractivity contribution in [2.24, 2.45) is 0 Å². The third-order valence-corrected chi connectivity index (χ3v) is 5.25. The van der Waals surface area contributed by atoms with Crippen molar-refractivity contribution in [3.8, 4) is 10.8 Å². The lowest BCUT2D eigenvalue weighted by Gasteiger charge is -2.03. The molecular formula is C17H12N4S2. The van der Waals surface area contributed by atoms with E-state index >= 15 is 0 Å². The van der Waals surface area contributed by atoms with Crippen molar-refractivity contribution in [1.82, 2.24) is 19.9 Å². The van der Waals surface area contributed by atoms with Crippen LogP contribution in [-0.4, -0.2) is 19.9 Å². The van der Waals surface area contributed by atoms with Gasteiger partial charge in [0.2, 0.25) is 0 Å². The zero-order chi connectivity index (χ0) is 15.5. The molecule has 112 valence electrons. The monoisotopic (exact) mass is 336 g/mol. The normalized spacial score (nSPS) is 11.0. The number of pyridine rings is 1. The number of thiazole rings is 1. The SMILES string of the molecule is c1cnc(-c2nc(CSc3cccc4cccnc34)cs2)nc1. The minimum atomic E-state index is 0.681. The fourth-order valence-electron chi connectivity index (χ4n) is 2.23. The van der Waals surface area contributed by atoms with Gasteiger partial charge in [0.25, 0.3) is 0 Å². The van der Waals surface area contributed by atoms with Crippen molar-refractivity contribution in [1.29, 1.82) is 0 Å². The summed E-state index contributed by atoms with van der Waals surface area (Å²) in [6.07, 6.45) is 5.31. The van der Waals surface area contributed by atoms with Crippen molar-refractivity contribution in [2.45, 2.75) is 10.6 Å². The fraction of sp³-hybridized carbons (Fsp3) is 0.0588. The van der Waals surface area contributed by atoms with Gasteiger partial charge in [-0.15, -0.1) is 23.1 Å². The maximum absolute atomic E-state index is 4.63. The molecule has 4 nitrogen and oxygen atoms in total. The molecule has 0 aliphatic heterocycles. The average molecular weight is 336 g/mol. The van der Waals surface area contributed by atoms with Crippen LogP contribution in [0.5, 0.6) is 0 Å². The molecule has 0 radical (unpaired) electrons. The van der Waals surface area contributed by atoms with Gasteiger partial charge in [-0.25, -0.2) is 15.0 Å². The smallest absolute Gasteiger partial charge is 0.188 e. The Hall–Kier alpha value is -2.31. The molecule has 3 aromatic heterocycles. The zero-order valence-electron chi connectivity index (χ0n) is 12.1. The molecule has 0 N–H and O–H groups in total. The van der Waals surface area contributed by atoms with Crippen LogP contribution >= 0.6 is 23.1 Å². The average Bonchev–Trinajstić information content (AvgIpc) is 3.10. The lowest BCUT2D eigenvalue weighted by Crippen LogP contribution is -1.87. The van der Waals surface area contributed by atoms with Gasteiger partial charge >= 0.3 is 0 Å². The number of para-hydroxylation sites is 1. The quantitative estimate of drug-likeness (QED) is 0.516. The highest BCUT2D eigenvalue weighted by molar-refractivity contribution is 7.98. The van der Waals surface area contributed by atoms with E-state index in [-0.39, 0.29) is 0 Å². The van der Waals surface area contributed by atoms with E-state index in [4.69, 9.17) is 0 Å². The summed E-state index contributed by atoms with van der Waals surface area (Å²) in [5.41, 5.74) is 2.08. The van der Waals surface area contributed by atoms with Gasteiger partial charge < -0.3 is 0 Å². The van der Waals surface area contributed by atoms with E-state index in [2.05, 4.69) is 49.6 Å². The molecule has 0 amide bonds. The molecule has 0 atom stereocenters. The van der Waals surface area contributed by atoms with E-state index < -0.39 is 0 Å². The third kappa shape index (κ3) is 3.09. The number of fused-ring (bicyclic) bond motifs is 1. The Morgan fingerprint density at radius 3 is 2.65 bits per heavy atom. The highest BCUT2D eigenvalue weighted by Gasteiger charge is 2.08. The second-order valence-corrected chi connectivity index (χ2v) is 6.71. The Kier molecular flexibility index (Phi) is 4.00. The molecule has 3 heterocycles. The number of nitrogens with zero attached hydrogens (tertiary/aromatic N) is 4. The van der Waals surface area contributed by atoms with Crippen LogP contribution in [0.2, 0.25) is 0 Å².